The van der Waals surface area contributed by atoms with Crippen LogP contribution in [0, 0.1) is 5.92 Å². The van der Waals surface area contributed by atoms with Crippen molar-refractivity contribution in [1.82, 2.24) is 25.0 Å². The van der Waals surface area contributed by atoms with E-state index in [1.54, 1.807) is 0 Å². The van der Waals surface area contributed by atoms with E-state index in [9.17, 15) is 4.79 Å². The highest BCUT2D eigenvalue weighted by Gasteiger charge is 2.28. The summed E-state index contributed by atoms with van der Waals surface area (Å²) in [7, 11) is 0. The first kappa shape index (κ1) is 30.5. The van der Waals surface area contributed by atoms with Gasteiger partial charge in [0.05, 0.1) is 17.1 Å². The van der Waals surface area contributed by atoms with E-state index in [-0.39, 0.29) is 5.91 Å². The molecule has 0 aliphatic carbocycles. The molecule has 3 aliphatic heterocycles. The van der Waals surface area contributed by atoms with Gasteiger partial charge in [0.2, 0.25) is 5.91 Å². The fourth-order valence-electron chi connectivity index (χ4n) is 6.87. The van der Waals surface area contributed by atoms with Crippen LogP contribution in [0.5, 0.6) is 11.5 Å². The van der Waals surface area contributed by atoms with Crippen LogP contribution in [-0.4, -0.2) is 69.8 Å². The molecule has 8 nitrogen and oxygen atoms in total. The first-order valence-electron chi connectivity index (χ1n) is 16.7. The van der Waals surface area contributed by atoms with E-state index in [1.165, 1.54) is 5.57 Å². The number of amides is 1. The average Bonchev–Trinajstić information content (AvgIpc) is 3.41. The standard InChI is InChI=1S/C38H43N5O3/c1-25(2)34-8-9-35(41-40-34)27-4-6-33(7-5-27)46-37-21-29-20-36(28-10-14-42(15-11-28)32-12-16-45-17-13-32)39-22-30(29)19-31(37)24-43-23-26(3)18-38(43)44/h4-10,19-22,25-26,32H,11-18,23-24H2,1-3H3. The van der Waals surface area contributed by atoms with Crippen molar-refractivity contribution < 1.29 is 14.3 Å². The second-order valence-electron chi connectivity index (χ2n) is 13.4. The molecule has 0 radical (unpaired) electrons. The van der Waals surface area contributed by atoms with E-state index < -0.39 is 0 Å². The minimum atomic E-state index is 0.194. The molecule has 0 spiro atoms. The zero-order chi connectivity index (χ0) is 31.6. The Morgan fingerprint density at radius 2 is 1.80 bits per heavy atom. The van der Waals surface area contributed by atoms with Gasteiger partial charge in [0.15, 0.2) is 0 Å². The molecule has 1 unspecified atom stereocenters. The molecular formula is C38H43N5O3. The van der Waals surface area contributed by atoms with Crippen molar-refractivity contribution in [3.05, 3.63) is 83.8 Å². The number of rotatable bonds is 8. The van der Waals surface area contributed by atoms with Crippen molar-refractivity contribution in [2.75, 3.05) is 32.8 Å². The number of hydrogen-bond acceptors (Lipinski definition) is 7. The largest absolute Gasteiger partial charge is 0.457 e. The molecule has 2 saturated heterocycles. The molecule has 2 aromatic carbocycles. The predicted molar refractivity (Wildman–Crippen MR) is 181 cm³/mol. The molecular weight excluding hydrogens is 574 g/mol. The van der Waals surface area contributed by atoms with Gasteiger partial charge in [-0.3, -0.25) is 14.7 Å². The Labute approximate surface area is 271 Å². The van der Waals surface area contributed by atoms with Crippen molar-refractivity contribution in [3.63, 3.8) is 0 Å². The first-order chi connectivity index (χ1) is 22.4. The van der Waals surface area contributed by atoms with E-state index >= 15 is 0 Å². The molecule has 2 aromatic heterocycles. The van der Waals surface area contributed by atoms with Crippen LogP contribution in [0.4, 0.5) is 0 Å². The summed E-state index contributed by atoms with van der Waals surface area (Å²) in [5, 5.41) is 10.9. The van der Waals surface area contributed by atoms with E-state index in [2.05, 4.69) is 60.1 Å². The third-order valence-electron chi connectivity index (χ3n) is 9.60. The van der Waals surface area contributed by atoms with Gasteiger partial charge in [-0.25, -0.2) is 0 Å². The summed E-state index contributed by atoms with van der Waals surface area (Å²) < 4.78 is 12.1. The summed E-state index contributed by atoms with van der Waals surface area (Å²) in [4.78, 5) is 22.2. The van der Waals surface area contributed by atoms with E-state index in [0.717, 1.165) is 103 Å². The number of benzene rings is 2. The summed E-state index contributed by atoms with van der Waals surface area (Å²) in [5.41, 5.74) is 6.10. The molecule has 1 atom stereocenters. The molecule has 5 heterocycles. The van der Waals surface area contributed by atoms with Crippen molar-refractivity contribution >= 4 is 22.3 Å². The number of ether oxygens (including phenoxy) is 2. The second-order valence-corrected chi connectivity index (χ2v) is 13.4. The van der Waals surface area contributed by atoms with Crippen LogP contribution in [0.15, 0.2) is 66.9 Å². The SMILES string of the molecule is CC1CC(=O)N(Cc2cc3cnc(C4=CCN(C5CCOCC5)CC4)cc3cc2Oc2ccc(-c3ccc(C(C)C)nn3)cc2)C1. The number of hydrogen-bond donors (Lipinski definition) is 0. The Hall–Kier alpha value is -4.14. The van der Waals surface area contributed by atoms with Gasteiger partial charge in [-0.15, -0.1) is 0 Å². The monoisotopic (exact) mass is 617 g/mol. The molecule has 0 bridgehead atoms. The summed E-state index contributed by atoms with van der Waals surface area (Å²) >= 11 is 0. The Morgan fingerprint density at radius 1 is 0.978 bits per heavy atom. The van der Waals surface area contributed by atoms with Gasteiger partial charge < -0.3 is 14.4 Å². The molecule has 2 fully saturated rings. The number of carbonyl (C=O) groups excluding carboxylic acids is 1. The smallest absolute Gasteiger partial charge is 0.223 e. The fourth-order valence-corrected chi connectivity index (χ4v) is 6.87. The summed E-state index contributed by atoms with van der Waals surface area (Å²) in [6.45, 7) is 11.4. The third-order valence-corrected chi connectivity index (χ3v) is 9.60. The molecule has 3 aliphatic rings. The lowest BCUT2D eigenvalue weighted by Crippen LogP contribution is -2.41. The number of carbonyl (C=O) groups is 1. The molecule has 8 heteroatoms. The van der Waals surface area contributed by atoms with Gasteiger partial charge in [0.25, 0.3) is 0 Å². The highest BCUT2D eigenvalue weighted by molar-refractivity contribution is 5.87. The van der Waals surface area contributed by atoms with Crippen molar-refractivity contribution in [2.45, 2.75) is 65.0 Å². The summed E-state index contributed by atoms with van der Waals surface area (Å²) in [6.07, 6.45) is 8.14. The molecule has 7 rings (SSSR count). The van der Waals surface area contributed by atoms with Crippen LogP contribution >= 0.6 is 0 Å². The van der Waals surface area contributed by atoms with Crippen LogP contribution in [0.2, 0.25) is 0 Å². The predicted octanol–water partition coefficient (Wildman–Crippen LogP) is 7.24. The fraction of sp³-hybridized carbons (Fsp3) is 0.421. The van der Waals surface area contributed by atoms with Gasteiger partial charge >= 0.3 is 0 Å². The van der Waals surface area contributed by atoms with Gasteiger partial charge in [-0.2, -0.15) is 10.2 Å². The Morgan fingerprint density at radius 3 is 2.48 bits per heavy atom. The van der Waals surface area contributed by atoms with Gasteiger partial charge in [0, 0.05) is 74.6 Å². The number of fused-ring (bicyclic) bond motifs is 1. The highest BCUT2D eigenvalue weighted by atomic mass is 16.5. The highest BCUT2D eigenvalue weighted by Crippen LogP contribution is 2.35. The maximum atomic E-state index is 12.7. The van der Waals surface area contributed by atoms with Crippen LogP contribution in [-0.2, 0) is 16.1 Å². The number of likely N-dealkylation sites (tertiary alicyclic amines) is 1. The Balaban J connectivity index is 1.15. The van der Waals surface area contributed by atoms with Crippen LogP contribution in [0.25, 0.3) is 27.6 Å². The van der Waals surface area contributed by atoms with Gasteiger partial charge in [-0.1, -0.05) is 26.8 Å². The maximum absolute atomic E-state index is 12.7. The topological polar surface area (TPSA) is 80.7 Å². The summed E-state index contributed by atoms with van der Waals surface area (Å²) in [6, 6.07) is 19.1. The Bertz CT molecular complexity index is 1730. The molecule has 4 aromatic rings. The normalized spacial score (nSPS) is 19.7. The molecule has 46 heavy (non-hydrogen) atoms. The minimum Gasteiger partial charge on any atom is -0.457 e. The molecule has 0 saturated carbocycles. The van der Waals surface area contributed by atoms with Gasteiger partial charge in [0.1, 0.15) is 11.5 Å². The van der Waals surface area contributed by atoms with Gasteiger partial charge in [-0.05, 0) is 96.7 Å². The lowest BCUT2D eigenvalue weighted by molar-refractivity contribution is -0.128. The van der Waals surface area contributed by atoms with Crippen LogP contribution in [0.3, 0.4) is 0 Å². The van der Waals surface area contributed by atoms with Crippen molar-refractivity contribution in [1.29, 1.82) is 0 Å². The second kappa shape index (κ2) is 13.3. The average molecular weight is 618 g/mol. The number of pyridine rings is 1. The van der Waals surface area contributed by atoms with Crippen molar-refractivity contribution in [2.24, 2.45) is 5.92 Å². The molecule has 0 N–H and O–H groups in total. The van der Waals surface area contributed by atoms with E-state index in [1.807, 2.05) is 47.5 Å². The number of aromatic nitrogens is 3. The van der Waals surface area contributed by atoms with Crippen molar-refractivity contribution in [3.8, 4) is 22.8 Å². The number of nitrogens with zero attached hydrogens (tertiary/aromatic N) is 5. The quantitative estimate of drug-likeness (QED) is 0.206. The minimum absolute atomic E-state index is 0.194. The molecule has 238 valence electrons. The van der Waals surface area contributed by atoms with Crippen LogP contribution < -0.4 is 4.74 Å². The lowest BCUT2D eigenvalue weighted by atomic mass is 9.98. The molecule has 1 amide bonds. The zero-order valence-electron chi connectivity index (χ0n) is 27.1. The van der Waals surface area contributed by atoms with E-state index in [0.29, 0.717) is 30.8 Å². The maximum Gasteiger partial charge on any atom is 0.223 e. The third kappa shape index (κ3) is 6.69. The van der Waals surface area contributed by atoms with Crippen LogP contribution in [0.1, 0.15) is 69.3 Å². The first-order valence-corrected chi connectivity index (χ1v) is 16.7. The lowest BCUT2D eigenvalue weighted by Gasteiger charge is -2.36. The summed E-state index contributed by atoms with van der Waals surface area (Å²) in [5.74, 6) is 2.38. The Kier molecular flexibility index (Phi) is 8.82. The van der Waals surface area contributed by atoms with E-state index in [4.69, 9.17) is 14.5 Å². The zero-order valence-corrected chi connectivity index (χ0v) is 27.1.